The molecule has 0 fully saturated rings. The smallest absolute Gasteiger partial charge is 0.376 e. The van der Waals surface area contributed by atoms with Gasteiger partial charge in [0.2, 0.25) is 5.82 Å². The zero-order chi connectivity index (χ0) is 14.0. The van der Waals surface area contributed by atoms with Crippen LogP contribution in [0.15, 0.2) is 16.6 Å². The van der Waals surface area contributed by atoms with Crippen LogP contribution in [0.3, 0.4) is 0 Å². The van der Waals surface area contributed by atoms with E-state index in [0.717, 1.165) is 4.47 Å². The van der Waals surface area contributed by atoms with Crippen LogP contribution in [0, 0.1) is 0 Å². The molecule has 1 aromatic heterocycles. The maximum absolute atomic E-state index is 11.6. The lowest BCUT2D eigenvalue weighted by molar-refractivity contribution is 0.0512. The summed E-state index contributed by atoms with van der Waals surface area (Å²) in [7, 11) is 1.54. The number of aromatic nitrogens is 2. The molecule has 0 spiro atoms. The number of halogens is 2. The number of ether oxygens (including phenoxy) is 2. The van der Waals surface area contributed by atoms with Crippen molar-refractivity contribution < 1.29 is 14.3 Å². The number of carbonyl (C=O) groups excluding carboxylic acids is 1. The summed E-state index contributed by atoms with van der Waals surface area (Å²) in [5.74, 6) is -0.0750. The Kier molecular flexibility index (Phi) is 4.21. The molecule has 1 heterocycles. The standard InChI is InChI=1S/C12H10BrClN2O3/c1-3-19-12(17)11-15-8-5-9(18-2)7(13)4-6(8)10(14)16-11/h4-5H,3H2,1-2H3. The molecule has 0 aliphatic rings. The molecule has 19 heavy (non-hydrogen) atoms. The second-order valence-corrected chi connectivity index (χ2v) is 4.77. The third-order valence-corrected chi connectivity index (χ3v) is 3.29. The van der Waals surface area contributed by atoms with E-state index in [9.17, 15) is 4.79 Å². The van der Waals surface area contributed by atoms with Crippen molar-refractivity contribution in [3.63, 3.8) is 0 Å². The van der Waals surface area contributed by atoms with Gasteiger partial charge in [0.15, 0.2) is 0 Å². The van der Waals surface area contributed by atoms with Crippen molar-refractivity contribution in [2.75, 3.05) is 13.7 Å². The largest absolute Gasteiger partial charge is 0.495 e. The first kappa shape index (κ1) is 14.0. The second kappa shape index (κ2) is 5.71. The van der Waals surface area contributed by atoms with Crippen LogP contribution >= 0.6 is 27.5 Å². The molecule has 0 aliphatic carbocycles. The molecule has 0 saturated carbocycles. The Labute approximate surface area is 123 Å². The third kappa shape index (κ3) is 2.79. The molecule has 2 rings (SSSR count). The predicted octanol–water partition coefficient (Wildman–Crippen LogP) is 3.23. The summed E-state index contributed by atoms with van der Waals surface area (Å²) in [6.45, 7) is 1.96. The highest BCUT2D eigenvalue weighted by Crippen LogP contribution is 2.32. The first-order valence-electron chi connectivity index (χ1n) is 5.44. The Morgan fingerprint density at radius 3 is 2.79 bits per heavy atom. The van der Waals surface area contributed by atoms with Gasteiger partial charge in [-0.1, -0.05) is 11.6 Å². The van der Waals surface area contributed by atoms with Crippen molar-refractivity contribution in [1.82, 2.24) is 9.97 Å². The average Bonchev–Trinajstić information content (AvgIpc) is 2.39. The molecule has 0 aliphatic heterocycles. The lowest BCUT2D eigenvalue weighted by atomic mass is 10.2. The van der Waals surface area contributed by atoms with E-state index in [0.29, 0.717) is 16.7 Å². The highest BCUT2D eigenvalue weighted by molar-refractivity contribution is 9.10. The van der Waals surface area contributed by atoms with Crippen molar-refractivity contribution in [3.8, 4) is 5.75 Å². The quantitative estimate of drug-likeness (QED) is 0.631. The minimum absolute atomic E-state index is 0.0660. The molecule has 0 atom stereocenters. The number of fused-ring (bicyclic) bond motifs is 1. The molecule has 0 unspecified atom stereocenters. The molecule has 0 radical (unpaired) electrons. The van der Waals surface area contributed by atoms with Crippen LogP contribution in [0.5, 0.6) is 5.75 Å². The minimum Gasteiger partial charge on any atom is -0.495 e. The van der Waals surface area contributed by atoms with Crippen molar-refractivity contribution in [3.05, 3.63) is 27.6 Å². The van der Waals surface area contributed by atoms with Crippen LogP contribution in [0.4, 0.5) is 0 Å². The highest BCUT2D eigenvalue weighted by atomic mass is 79.9. The van der Waals surface area contributed by atoms with Crippen LogP contribution < -0.4 is 4.74 Å². The van der Waals surface area contributed by atoms with E-state index in [1.165, 1.54) is 0 Å². The minimum atomic E-state index is -0.604. The molecule has 1 aromatic carbocycles. The van der Waals surface area contributed by atoms with E-state index in [-0.39, 0.29) is 17.6 Å². The summed E-state index contributed by atoms with van der Waals surface area (Å²) in [5.41, 5.74) is 0.517. The van der Waals surface area contributed by atoms with Crippen LogP contribution in [-0.2, 0) is 4.74 Å². The van der Waals surface area contributed by atoms with Gasteiger partial charge < -0.3 is 9.47 Å². The van der Waals surface area contributed by atoms with E-state index in [1.807, 2.05) is 0 Å². The van der Waals surface area contributed by atoms with E-state index in [2.05, 4.69) is 25.9 Å². The highest BCUT2D eigenvalue weighted by Gasteiger charge is 2.15. The predicted molar refractivity (Wildman–Crippen MR) is 74.8 cm³/mol. The van der Waals surface area contributed by atoms with Gasteiger partial charge in [0.1, 0.15) is 10.9 Å². The summed E-state index contributed by atoms with van der Waals surface area (Å²) in [6.07, 6.45) is 0. The molecule has 100 valence electrons. The van der Waals surface area contributed by atoms with Gasteiger partial charge in [0.25, 0.3) is 0 Å². The zero-order valence-corrected chi connectivity index (χ0v) is 12.6. The molecular formula is C12H10BrClN2O3. The van der Waals surface area contributed by atoms with E-state index >= 15 is 0 Å². The fourth-order valence-corrected chi connectivity index (χ4v) is 2.27. The number of benzene rings is 1. The van der Waals surface area contributed by atoms with Crippen molar-refractivity contribution in [2.45, 2.75) is 6.92 Å². The Bertz CT molecular complexity index is 648. The van der Waals surface area contributed by atoms with Crippen molar-refractivity contribution in [1.29, 1.82) is 0 Å². The summed E-state index contributed by atoms with van der Waals surface area (Å²) in [6, 6.07) is 3.42. The van der Waals surface area contributed by atoms with E-state index < -0.39 is 5.97 Å². The Morgan fingerprint density at radius 1 is 1.42 bits per heavy atom. The monoisotopic (exact) mass is 344 g/mol. The SMILES string of the molecule is CCOC(=O)c1nc(Cl)c2cc(Br)c(OC)cc2n1. The van der Waals surface area contributed by atoms with Crippen molar-refractivity contribution in [2.24, 2.45) is 0 Å². The Balaban J connectivity index is 2.61. The average molecular weight is 346 g/mol. The fourth-order valence-electron chi connectivity index (χ4n) is 1.54. The molecule has 0 amide bonds. The topological polar surface area (TPSA) is 61.3 Å². The van der Waals surface area contributed by atoms with Gasteiger partial charge >= 0.3 is 5.97 Å². The normalized spacial score (nSPS) is 10.5. The van der Waals surface area contributed by atoms with E-state index in [1.54, 1.807) is 26.2 Å². The maximum atomic E-state index is 11.6. The lowest BCUT2D eigenvalue weighted by Gasteiger charge is -2.07. The maximum Gasteiger partial charge on any atom is 0.376 e. The summed E-state index contributed by atoms with van der Waals surface area (Å²) in [5, 5.41) is 0.818. The zero-order valence-electron chi connectivity index (χ0n) is 10.2. The van der Waals surface area contributed by atoms with Gasteiger partial charge in [-0.2, -0.15) is 0 Å². The summed E-state index contributed by atoms with van der Waals surface area (Å²) < 4.78 is 10.8. The van der Waals surface area contributed by atoms with E-state index in [4.69, 9.17) is 21.1 Å². The van der Waals surface area contributed by atoms with Crippen LogP contribution in [-0.4, -0.2) is 29.7 Å². The van der Waals surface area contributed by atoms with Gasteiger partial charge in [-0.15, -0.1) is 0 Å². The van der Waals surface area contributed by atoms with Gasteiger partial charge in [0, 0.05) is 11.5 Å². The first-order chi connectivity index (χ1) is 9.06. The number of hydrogen-bond acceptors (Lipinski definition) is 5. The Hall–Kier alpha value is -1.40. The van der Waals surface area contributed by atoms with Crippen LogP contribution in [0.1, 0.15) is 17.5 Å². The number of rotatable bonds is 3. The molecule has 5 nitrogen and oxygen atoms in total. The molecule has 0 N–H and O–H groups in total. The van der Waals surface area contributed by atoms with Gasteiger partial charge in [-0.25, -0.2) is 14.8 Å². The van der Waals surface area contributed by atoms with Gasteiger partial charge in [0.05, 0.1) is 23.7 Å². The molecular weight excluding hydrogens is 336 g/mol. The molecule has 2 aromatic rings. The van der Waals surface area contributed by atoms with Crippen molar-refractivity contribution >= 4 is 44.4 Å². The number of hydrogen-bond donors (Lipinski definition) is 0. The molecule has 7 heteroatoms. The number of nitrogens with zero attached hydrogens (tertiary/aromatic N) is 2. The Morgan fingerprint density at radius 2 is 2.16 bits per heavy atom. The summed E-state index contributed by atoms with van der Waals surface area (Å²) >= 11 is 9.41. The van der Waals surface area contributed by atoms with Gasteiger partial charge in [-0.3, -0.25) is 0 Å². The molecule has 0 bridgehead atoms. The molecule has 0 saturated heterocycles. The number of methoxy groups -OCH3 is 1. The van der Waals surface area contributed by atoms with Crippen LogP contribution in [0.25, 0.3) is 10.9 Å². The number of esters is 1. The fraction of sp³-hybridized carbons (Fsp3) is 0.250. The number of carbonyl (C=O) groups is 1. The first-order valence-corrected chi connectivity index (χ1v) is 6.61. The van der Waals surface area contributed by atoms with Crippen LogP contribution in [0.2, 0.25) is 5.15 Å². The van der Waals surface area contributed by atoms with Gasteiger partial charge in [-0.05, 0) is 28.9 Å². The lowest BCUT2D eigenvalue weighted by Crippen LogP contribution is -2.10. The third-order valence-electron chi connectivity index (χ3n) is 2.38. The summed E-state index contributed by atoms with van der Waals surface area (Å²) in [4.78, 5) is 19.7. The second-order valence-electron chi connectivity index (χ2n) is 3.56.